The van der Waals surface area contributed by atoms with Gasteiger partial charge in [-0.2, -0.15) is 17.9 Å². The minimum Gasteiger partial charge on any atom is -0.376 e. The summed E-state index contributed by atoms with van der Waals surface area (Å²) < 4.78 is 47.5. The number of nitrogens with zero attached hydrogens (tertiary/aromatic N) is 5. The van der Waals surface area contributed by atoms with Crippen molar-refractivity contribution < 1.29 is 22.7 Å². The Balaban J connectivity index is 1.45. The second kappa shape index (κ2) is 9.07. The van der Waals surface area contributed by atoms with E-state index in [0.717, 1.165) is 61.3 Å². The van der Waals surface area contributed by atoms with Crippen molar-refractivity contribution in [2.24, 2.45) is 0 Å². The molecular weight excluding hydrogens is 443 g/mol. The van der Waals surface area contributed by atoms with E-state index in [1.807, 2.05) is 19.9 Å². The van der Waals surface area contributed by atoms with Crippen LogP contribution in [0.15, 0.2) is 35.5 Å². The molecule has 1 aromatic carbocycles. The lowest BCUT2D eigenvalue weighted by atomic mass is 10.2. The Labute approximate surface area is 186 Å². The van der Waals surface area contributed by atoms with Gasteiger partial charge in [0, 0.05) is 30.1 Å². The number of tetrazole rings is 1. The number of benzene rings is 1. The van der Waals surface area contributed by atoms with Crippen LogP contribution in [0, 0.1) is 13.8 Å². The first kappa shape index (κ1) is 22.5. The van der Waals surface area contributed by atoms with Crippen molar-refractivity contribution in [1.82, 2.24) is 24.8 Å². The molecule has 4 rings (SSSR count). The van der Waals surface area contributed by atoms with Crippen LogP contribution in [0.3, 0.4) is 0 Å². The molecule has 3 heterocycles. The summed E-state index contributed by atoms with van der Waals surface area (Å²) in [4.78, 5) is 12.9. The van der Waals surface area contributed by atoms with E-state index >= 15 is 0 Å². The third kappa shape index (κ3) is 4.73. The predicted molar refractivity (Wildman–Crippen MR) is 112 cm³/mol. The highest BCUT2D eigenvalue weighted by Gasteiger charge is 2.30. The number of hydrogen-bond donors (Lipinski definition) is 0. The minimum absolute atomic E-state index is 0.0661. The number of alkyl halides is 3. The van der Waals surface area contributed by atoms with Gasteiger partial charge < -0.3 is 9.30 Å². The van der Waals surface area contributed by atoms with E-state index in [0.29, 0.717) is 16.4 Å². The molecule has 32 heavy (non-hydrogen) atoms. The highest BCUT2D eigenvalue weighted by atomic mass is 32.2. The summed E-state index contributed by atoms with van der Waals surface area (Å²) >= 11 is 1.14. The number of ether oxygens (including phenoxy) is 1. The van der Waals surface area contributed by atoms with Gasteiger partial charge in [0.1, 0.15) is 0 Å². The van der Waals surface area contributed by atoms with Crippen molar-refractivity contribution in [1.29, 1.82) is 0 Å². The highest BCUT2D eigenvalue weighted by molar-refractivity contribution is 7.99. The van der Waals surface area contributed by atoms with Gasteiger partial charge in [0.05, 0.1) is 23.1 Å². The maximum Gasteiger partial charge on any atom is 0.416 e. The molecule has 2 aromatic heterocycles. The van der Waals surface area contributed by atoms with E-state index in [-0.39, 0.29) is 17.6 Å². The Morgan fingerprint density at radius 3 is 2.66 bits per heavy atom. The summed E-state index contributed by atoms with van der Waals surface area (Å²) in [6, 6.07) is 6.42. The molecule has 1 atom stereocenters. The lowest BCUT2D eigenvalue weighted by Crippen LogP contribution is -2.17. The normalized spacial score (nSPS) is 16.6. The Morgan fingerprint density at radius 2 is 2.00 bits per heavy atom. The van der Waals surface area contributed by atoms with Crippen LogP contribution in [0.1, 0.15) is 40.2 Å². The fourth-order valence-electron chi connectivity index (χ4n) is 3.79. The molecule has 1 fully saturated rings. The molecule has 0 saturated carbocycles. The maximum atomic E-state index is 12.9. The van der Waals surface area contributed by atoms with E-state index in [9.17, 15) is 18.0 Å². The van der Waals surface area contributed by atoms with Crippen LogP contribution in [-0.2, 0) is 17.5 Å². The molecule has 0 bridgehead atoms. The molecule has 0 amide bonds. The molecule has 1 unspecified atom stereocenters. The van der Waals surface area contributed by atoms with E-state index in [4.69, 9.17) is 4.74 Å². The molecule has 170 valence electrons. The first-order valence-electron chi connectivity index (χ1n) is 10.1. The summed E-state index contributed by atoms with van der Waals surface area (Å²) in [6.07, 6.45) is -2.17. The third-order valence-electron chi connectivity index (χ3n) is 5.50. The third-order valence-corrected chi connectivity index (χ3v) is 6.42. The number of carbonyl (C=O) groups is 1. The topological polar surface area (TPSA) is 74.8 Å². The zero-order valence-electron chi connectivity index (χ0n) is 17.6. The van der Waals surface area contributed by atoms with E-state index < -0.39 is 11.7 Å². The van der Waals surface area contributed by atoms with Crippen LogP contribution < -0.4 is 0 Å². The van der Waals surface area contributed by atoms with Crippen molar-refractivity contribution in [3.63, 3.8) is 0 Å². The average Bonchev–Trinajstić information content (AvgIpc) is 3.49. The van der Waals surface area contributed by atoms with Crippen molar-refractivity contribution in [3.8, 4) is 5.69 Å². The molecule has 0 N–H and O–H groups in total. The van der Waals surface area contributed by atoms with Gasteiger partial charge in [-0.3, -0.25) is 4.79 Å². The van der Waals surface area contributed by atoms with Gasteiger partial charge in [-0.25, -0.2) is 0 Å². The fourth-order valence-corrected chi connectivity index (χ4v) is 4.56. The van der Waals surface area contributed by atoms with Crippen LogP contribution in [0.5, 0.6) is 0 Å². The van der Waals surface area contributed by atoms with Crippen molar-refractivity contribution >= 4 is 17.5 Å². The minimum atomic E-state index is -4.42. The number of hydrogen-bond acceptors (Lipinski definition) is 6. The van der Waals surface area contributed by atoms with Gasteiger partial charge in [-0.1, -0.05) is 11.8 Å². The number of Topliss-reactive ketones (excluding diaryl/α,β-unsaturated/α-hetero) is 1. The molecule has 0 spiro atoms. The largest absolute Gasteiger partial charge is 0.416 e. The molecule has 1 aliphatic heterocycles. The number of ketones is 1. The predicted octanol–water partition coefficient (Wildman–Crippen LogP) is 4.25. The lowest BCUT2D eigenvalue weighted by molar-refractivity contribution is -0.137. The summed E-state index contributed by atoms with van der Waals surface area (Å²) in [7, 11) is 0. The molecule has 0 aliphatic carbocycles. The second-order valence-corrected chi connectivity index (χ2v) is 8.60. The number of rotatable bonds is 7. The Morgan fingerprint density at radius 1 is 1.25 bits per heavy atom. The second-order valence-electron chi connectivity index (χ2n) is 7.66. The van der Waals surface area contributed by atoms with E-state index in [1.165, 1.54) is 16.8 Å². The first-order chi connectivity index (χ1) is 15.2. The lowest BCUT2D eigenvalue weighted by Gasteiger charge is -2.14. The van der Waals surface area contributed by atoms with E-state index in [1.54, 1.807) is 0 Å². The Hall–Kier alpha value is -2.66. The van der Waals surface area contributed by atoms with Gasteiger partial charge in [-0.05, 0) is 67.4 Å². The molecule has 7 nitrogen and oxygen atoms in total. The van der Waals surface area contributed by atoms with Gasteiger partial charge in [-0.15, -0.1) is 5.10 Å². The monoisotopic (exact) mass is 465 g/mol. The molecular formula is C21H22F3N5O2S. The van der Waals surface area contributed by atoms with Crippen LogP contribution in [0.4, 0.5) is 13.2 Å². The van der Waals surface area contributed by atoms with Crippen LogP contribution in [0.25, 0.3) is 5.69 Å². The average molecular weight is 466 g/mol. The number of halogens is 3. The Bertz CT molecular complexity index is 1100. The maximum absolute atomic E-state index is 12.9. The standard InChI is InChI=1S/C21H22F3N5O2S/c1-13-10-18(14(2)28(13)11-17-4-3-9-31-17)19(30)12-32-20-25-26-27-29(20)16-7-5-15(6-8-16)21(22,23)24/h5-8,10,17H,3-4,9,11-12H2,1-2H3. The Kier molecular flexibility index (Phi) is 6.38. The SMILES string of the molecule is Cc1cc(C(=O)CSc2nnnn2-c2ccc(C(F)(F)F)cc2)c(C)n1CC1CCCO1. The number of aryl methyl sites for hydroxylation is 1. The molecule has 0 radical (unpaired) electrons. The number of carbonyl (C=O) groups excluding carboxylic acids is 1. The molecule has 1 aliphatic rings. The van der Waals surface area contributed by atoms with Gasteiger partial charge in [0.25, 0.3) is 0 Å². The highest BCUT2D eigenvalue weighted by Crippen LogP contribution is 2.30. The van der Waals surface area contributed by atoms with Gasteiger partial charge in [0.15, 0.2) is 5.78 Å². The van der Waals surface area contributed by atoms with Crippen molar-refractivity contribution in [2.45, 2.75) is 50.7 Å². The van der Waals surface area contributed by atoms with Crippen molar-refractivity contribution in [2.75, 3.05) is 12.4 Å². The van der Waals surface area contributed by atoms with E-state index in [2.05, 4.69) is 20.1 Å². The quantitative estimate of drug-likeness (QED) is 0.384. The molecule has 3 aromatic rings. The molecule has 11 heteroatoms. The summed E-state index contributed by atoms with van der Waals surface area (Å²) in [6.45, 7) is 5.40. The smallest absolute Gasteiger partial charge is 0.376 e. The van der Waals surface area contributed by atoms with Gasteiger partial charge in [0.2, 0.25) is 5.16 Å². The van der Waals surface area contributed by atoms with Crippen molar-refractivity contribution in [3.05, 3.63) is 52.8 Å². The fraction of sp³-hybridized carbons (Fsp3) is 0.429. The molecule has 1 saturated heterocycles. The van der Waals surface area contributed by atoms with Crippen LogP contribution in [0.2, 0.25) is 0 Å². The van der Waals surface area contributed by atoms with Crippen LogP contribution in [-0.4, -0.2) is 49.0 Å². The van der Waals surface area contributed by atoms with Gasteiger partial charge >= 0.3 is 6.18 Å². The zero-order chi connectivity index (χ0) is 22.9. The van der Waals surface area contributed by atoms with Crippen LogP contribution >= 0.6 is 11.8 Å². The summed E-state index contributed by atoms with van der Waals surface area (Å²) in [5.41, 5.74) is 2.16. The zero-order valence-corrected chi connectivity index (χ0v) is 18.4. The summed E-state index contributed by atoms with van der Waals surface area (Å²) in [5.74, 6) is 0.0364. The summed E-state index contributed by atoms with van der Waals surface area (Å²) in [5, 5.41) is 11.7. The first-order valence-corrected chi connectivity index (χ1v) is 11.1. The number of aromatic nitrogens is 5. The number of thioether (sulfide) groups is 1.